The van der Waals surface area contributed by atoms with Gasteiger partial charge >= 0.3 is 5.97 Å². The molecule has 2 N–H and O–H groups in total. The van der Waals surface area contributed by atoms with Crippen LogP contribution in [0, 0.1) is 5.41 Å². The van der Waals surface area contributed by atoms with Crippen LogP contribution in [0.2, 0.25) is 0 Å². The first-order chi connectivity index (χ1) is 8.85. The van der Waals surface area contributed by atoms with Crippen molar-refractivity contribution >= 4 is 27.8 Å². The minimum Gasteiger partial charge on any atom is -0.497 e. The molecule has 1 unspecified atom stereocenters. The Kier molecular flexibility index (Phi) is 4.94. The zero-order chi connectivity index (χ0) is 14.6. The van der Waals surface area contributed by atoms with E-state index in [1.807, 2.05) is 0 Å². The Labute approximate surface area is 120 Å². The summed E-state index contributed by atoms with van der Waals surface area (Å²) in [5.41, 5.74) is -0.822. The lowest BCUT2D eigenvalue weighted by Gasteiger charge is -2.23. The maximum Gasteiger partial charge on any atom is 0.319 e. The lowest BCUT2D eigenvalue weighted by molar-refractivity contribution is -0.154. The van der Waals surface area contributed by atoms with Crippen LogP contribution in [0.15, 0.2) is 22.7 Å². The third kappa shape index (κ3) is 3.26. The fraction of sp³-hybridized carbons (Fsp3) is 0.385. The zero-order valence-electron chi connectivity index (χ0n) is 11.0. The van der Waals surface area contributed by atoms with Crippen LogP contribution in [0.5, 0.6) is 5.75 Å². The number of carboxylic acid groups (broad SMARTS) is 1. The number of nitrogens with one attached hydrogen (secondary N) is 1. The highest BCUT2D eigenvalue weighted by atomic mass is 79.9. The van der Waals surface area contributed by atoms with E-state index >= 15 is 0 Å². The van der Waals surface area contributed by atoms with E-state index in [0.717, 1.165) is 4.47 Å². The summed E-state index contributed by atoms with van der Waals surface area (Å²) >= 11 is 3.35. The second kappa shape index (κ2) is 6.06. The van der Waals surface area contributed by atoms with Crippen LogP contribution in [0.1, 0.15) is 12.5 Å². The number of carbonyl (C=O) groups is 2. The fourth-order valence-electron chi connectivity index (χ4n) is 1.72. The highest BCUT2D eigenvalue weighted by Crippen LogP contribution is 2.30. The van der Waals surface area contributed by atoms with Crippen LogP contribution in [-0.4, -0.2) is 31.1 Å². The maximum absolute atomic E-state index is 11.8. The molecule has 1 aromatic carbocycles. The SMILES string of the molecule is CNC(=O)C(C)(Cc1cc(OC)ccc1Br)C(=O)O. The van der Waals surface area contributed by atoms with Crippen molar-refractivity contribution in [2.24, 2.45) is 5.41 Å². The van der Waals surface area contributed by atoms with E-state index in [2.05, 4.69) is 21.2 Å². The van der Waals surface area contributed by atoms with Gasteiger partial charge in [-0.2, -0.15) is 0 Å². The van der Waals surface area contributed by atoms with E-state index in [1.54, 1.807) is 18.2 Å². The molecule has 0 aliphatic rings. The van der Waals surface area contributed by atoms with Crippen LogP contribution in [0.4, 0.5) is 0 Å². The van der Waals surface area contributed by atoms with Gasteiger partial charge in [0, 0.05) is 11.5 Å². The number of benzene rings is 1. The molecule has 0 aliphatic heterocycles. The molecule has 6 heteroatoms. The smallest absolute Gasteiger partial charge is 0.319 e. The monoisotopic (exact) mass is 329 g/mol. The largest absolute Gasteiger partial charge is 0.497 e. The molecule has 0 saturated heterocycles. The molecule has 0 bridgehead atoms. The van der Waals surface area contributed by atoms with Gasteiger partial charge in [0.25, 0.3) is 0 Å². The Balaban J connectivity index is 3.17. The van der Waals surface area contributed by atoms with Crippen LogP contribution >= 0.6 is 15.9 Å². The number of amides is 1. The number of carboxylic acids is 1. The topological polar surface area (TPSA) is 75.6 Å². The lowest BCUT2D eigenvalue weighted by Crippen LogP contribution is -2.44. The number of halogens is 1. The predicted molar refractivity (Wildman–Crippen MR) is 74.2 cm³/mol. The minimum atomic E-state index is -1.52. The Morgan fingerprint density at radius 3 is 2.58 bits per heavy atom. The van der Waals surface area contributed by atoms with E-state index < -0.39 is 17.3 Å². The number of hydrogen-bond acceptors (Lipinski definition) is 3. The van der Waals surface area contributed by atoms with Crippen molar-refractivity contribution in [3.8, 4) is 5.75 Å². The first kappa shape index (κ1) is 15.5. The highest BCUT2D eigenvalue weighted by molar-refractivity contribution is 9.10. The fourth-order valence-corrected chi connectivity index (χ4v) is 2.11. The summed E-state index contributed by atoms with van der Waals surface area (Å²) in [7, 11) is 2.95. The third-order valence-electron chi connectivity index (χ3n) is 3.00. The number of hydrogen-bond donors (Lipinski definition) is 2. The van der Waals surface area contributed by atoms with E-state index in [0.29, 0.717) is 11.3 Å². The molecule has 1 amide bonds. The van der Waals surface area contributed by atoms with Crippen LogP contribution < -0.4 is 10.1 Å². The summed E-state index contributed by atoms with van der Waals surface area (Å²) in [6.07, 6.45) is 0.0692. The molecule has 0 aliphatic carbocycles. The second-order valence-corrected chi connectivity index (χ2v) is 5.20. The summed E-state index contributed by atoms with van der Waals surface area (Å²) in [5.74, 6) is -1.08. The van der Waals surface area contributed by atoms with Crippen LogP contribution in [-0.2, 0) is 16.0 Å². The number of carbonyl (C=O) groups excluding carboxylic acids is 1. The zero-order valence-corrected chi connectivity index (χ0v) is 12.6. The molecule has 104 valence electrons. The van der Waals surface area contributed by atoms with Gasteiger partial charge in [-0.1, -0.05) is 15.9 Å². The van der Waals surface area contributed by atoms with Gasteiger partial charge < -0.3 is 15.2 Å². The van der Waals surface area contributed by atoms with Crippen molar-refractivity contribution < 1.29 is 19.4 Å². The van der Waals surface area contributed by atoms with Gasteiger partial charge in [-0.3, -0.25) is 9.59 Å². The predicted octanol–water partition coefficient (Wildman–Crippen LogP) is 1.84. The number of aliphatic carboxylic acids is 1. The maximum atomic E-state index is 11.8. The summed E-state index contributed by atoms with van der Waals surface area (Å²) in [6.45, 7) is 1.40. The van der Waals surface area contributed by atoms with Gasteiger partial charge in [-0.15, -0.1) is 0 Å². The van der Waals surface area contributed by atoms with E-state index in [1.165, 1.54) is 21.1 Å². The molecule has 1 atom stereocenters. The average Bonchev–Trinajstić information content (AvgIpc) is 2.39. The molecule has 1 rings (SSSR count). The molecule has 0 aromatic heterocycles. The summed E-state index contributed by atoms with van der Waals surface area (Å²) < 4.78 is 5.84. The van der Waals surface area contributed by atoms with Crippen molar-refractivity contribution in [2.45, 2.75) is 13.3 Å². The number of methoxy groups -OCH3 is 1. The van der Waals surface area contributed by atoms with Crippen molar-refractivity contribution in [1.29, 1.82) is 0 Å². The first-order valence-corrected chi connectivity index (χ1v) is 6.42. The van der Waals surface area contributed by atoms with Gasteiger partial charge in [-0.25, -0.2) is 0 Å². The third-order valence-corrected chi connectivity index (χ3v) is 3.77. The Morgan fingerprint density at radius 2 is 2.11 bits per heavy atom. The molecule has 19 heavy (non-hydrogen) atoms. The van der Waals surface area contributed by atoms with Crippen molar-refractivity contribution in [2.75, 3.05) is 14.2 Å². The van der Waals surface area contributed by atoms with Gasteiger partial charge in [-0.05, 0) is 37.1 Å². The van der Waals surface area contributed by atoms with Crippen molar-refractivity contribution in [3.63, 3.8) is 0 Å². The van der Waals surface area contributed by atoms with Gasteiger partial charge in [0.2, 0.25) is 5.91 Å². The standard InChI is InChI=1S/C13H16BrNO4/c1-13(12(17)18,11(16)15-2)7-8-6-9(19-3)4-5-10(8)14/h4-6H,7H2,1-3H3,(H,15,16)(H,17,18). The Bertz CT molecular complexity index is 503. The molecule has 0 heterocycles. The van der Waals surface area contributed by atoms with Crippen molar-refractivity contribution in [1.82, 2.24) is 5.32 Å². The summed E-state index contributed by atoms with van der Waals surface area (Å²) in [5, 5.41) is 11.7. The second-order valence-electron chi connectivity index (χ2n) is 4.35. The quantitative estimate of drug-likeness (QED) is 0.808. The summed E-state index contributed by atoms with van der Waals surface area (Å²) in [4.78, 5) is 23.2. The minimum absolute atomic E-state index is 0.0692. The average molecular weight is 330 g/mol. The van der Waals surface area contributed by atoms with Crippen molar-refractivity contribution in [3.05, 3.63) is 28.2 Å². The highest BCUT2D eigenvalue weighted by Gasteiger charge is 2.41. The molecule has 5 nitrogen and oxygen atoms in total. The van der Waals surface area contributed by atoms with E-state index in [-0.39, 0.29) is 6.42 Å². The van der Waals surface area contributed by atoms with Gasteiger partial charge in [0.05, 0.1) is 7.11 Å². The molecule has 0 saturated carbocycles. The number of rotatable bonds is 5. The van der Waals surface area contributed by atoms with Crippen LogP contribution in [0.3, 0.4) is 0 Å². The molecular formula is C13H16BrNO4. The number of ether oxygens (including phenoxy) is 1. The molecular weight excluding hydrogens is 314 g/mol. The van der Waals surface area contributed by atoms with Crippen LogP contribution in [0.25, 0.3) is 0 Å². The normalized spacial score (nSPS) is 13.5. The summed E-state index contributed by atoms with van der Waals surface area (Å²) in [6, 6.07) is 5.24. The van der Waals surface area contributed by atoms with E-state index in [4.69, 9.17) is 4.74 Å². The lowest BCUT2D eigenvalue weighted by atomic mass is 9.82. The van der Waals surface area contributed by atoms with Gasteiger partial charge in [0.1, 0.15) is 11.2 Å². The molecule has 1 aromatic rings. The van der Waals surface area contributed by atoms with Gasteiger partial charge in [0.15, 0.2) is 0 Å². The Hall–Kier alpha value is -1.56. The molecule has 0 radical (unpaired) electrons. The molecule has 0 spiro atoms. The Morgan fingerprint density at radius 1 is 1.47 bits per heavy atom. The molecule has 0 fully saturated rings. The first-order valence-electron chi connectivity index (χ1n) is 5.63. The van der Waals surface area contributed by atoms with E-state index in [9.17, 15) is 14.7 Å².